The number of carbonyl (C=O) groups excluding carboxylic acids is 1. The first-order valence-electron chi connectivity index (χ1n) is 5.01. The molecule has 0 saturated carbocycles. The maximum atomic E-state index is 10.9. The zero-order valence-corrected chi connectivity index (χ0v) is 10.8. The molecule has 1 heterocycles. The minimum Gasteiger partial charge on any atom is -0.481 e. The average molecular weight is 257 g/mol. The third kappa shape index (κ3) is 4.49. The predicted octanol–water partition coefficient (Wildman–Crippen LogP) is 0.790. The third-order valence-electron chi connectivity index (χ3n) is 1.84. The molecule has 0 saturated heterocycles. The summed E-state index contributed by atoms with van der Waals surface area (Å²) >= 11 is 1.31. The van der Waals surface area contributed by atoms with Crippen LogP contribution in [0, 0.1) is 0 Å². The van der Waals surface area contributed by atoms with E-state index in [4.69, 9.17) is 5.11 Å². The first kappa shape index (κ1) is 13.6. The van der Waals surface area contributed by atoms with Crippen molar-refractivity contribution in [1.82, 2.24) is 9.88 Å². The molecular weight excluding hydrogens is 242 g/mol. The molecule has 1 aromatic rings. The summed E-state index contributed by atoms with van der Waals surface area (Å²) in [7, 11) is 3.78. The summed E-state index contributed by atoms with van der Waals surface area (Å²) in [5.41, 5.74) is 0.514. The van der Waals surface area contributed by atoms with E-state index >= 15 is 0 Å². The highest BCUT2D eigenvalue weighted by Gasteiger charge is 2.15. The van der Waals surface area contributed by atoms with Crippen LogP contribution in [0.3, 0.4) is 0 Å². The normalized spacial score (nSPS) is 10.6. The van der Waals surface area contributed by atoms with Gasteiger partial charge in [-0.15, -0.1) is 11.3 Å². The Kier molecular flexibility index (Phi) is 4.59. The van der Waals surface area contributed by atoms with E-state index < -0.39 is 5.97 Å². The summed E-state index contributed by atoms with van der Waals surface area (Å²) in [4.78, 5) is 28.5. The Labute approximate surface area is 103 Å². The van der Waals surface area contributed by atoms with Gasteiger partial charge in [0, 0.05) is 18.3 Å². The fourth-order valence-electron chi connectivity index (χ4n) is 1.28. The zero-order chi connectivity index (χ0) is 13.0. The van der Waals surface area contributed by atoms with Crippen molar-refractivity contribution < 1.29 is 14.7 Å². The molecule has 0 aromatic carbocycles. The van der Waals surface area contributed by atoms with E-state index in [1.54, 1.807) is 0 Å². The number of carboxylic acid groups (broad SMARTS) is 1. The van der Waals surface area contributed by atoms with Crippen LogP contribution >= 0.6 is 11.3 Å². The van der Waals surface area contributed by atoms with Crippen LogP contribution in [-0.4, -0.2) is 41.0 Å². The molecule has 0 spiro atoms. The number of aliphatic carboxylic acids is 1. The molecule has 2 N–H and O–H groups in total. The molecule has 1 aromatic heterocycles. The molecule has 0 bridgehead atoms. The molecular formula is C10H15N3O3S. The van der Waals surface area contributed by atoms with Crippen LogP contribution in [0.4, 0.5) is 5.13 Å². The lowest BCUT2D eigenvalue weighted by atomic mass is 10.2. The van der Waals surface area contributed by atoms with Gasteiger partial charge in [0.1, 0.15) is 0 Å². The number of hydrogen-bond donors (Lipinski definition) is 2. The van der Waals surface area contributed by atoms with Gasteiger partial charge in [-0.05, 0) is 14.1 Å². The molecule has 1 amide bonds. The van der Waals surface area contributed by atoms with Crippen LogP contribution in [-0.2, 0) is 22.6 Å². The average Bonchev–Trinajstić information content (AvgIpc) is 2.44. The van der Waals surface area contributed by atoms with Crippen molar-refractivity contribution in [1.29, 1.82) is 0 Å². The number of rotatable bonds is 5. The number of anilines is 1. The molecule has 0 aliphatic rings. The number of thiazole rings is 1. The number of carbonyl (C=O) groups is 2. The number of hydrogen-bond acceptors (Lipinski definition) is 5. The second-order valence-electron chi connectivity index (χ2n) is 3.88. The van der Waals surface area contributed by atoms with E-state index in [2.05, 4.69) is 10.3 Å². The fourth-order valence-corrected chi connectivity index (χ4v) is 2.42. The highest BCUT2D eigenvalue weighted by molar-refractivity contribution is 7.15. The Hall–Kier alpha value is -1.47. The van der Waals surface area contributed by atoms with Crippen molar-refractivity contribution in [3.05, 3.63) is 10.6 Å². The topological polar surface area (TPSA) is 82.5 Å². The number of amides is 1. The lowest BCUT2D eigenvalue weighted by Gasteiger charge is -2.07. The summed E-state index contributed by atoms with van der Waals surface area (Å²) in [6.45, 7) is 2.00. The van der Waals surface area contributed by atoms with Crippen LogP contribution in [0.25, 0.3) is 0 Å². The SMILES string of the molecule is CC(=O)Nc1nc(CC(=O)O)c(CN(C)C)s1. The molecule has 94 valence electrons. The highest BCUT2D eigenvalue weighted by atomic mass is 32.1. The Morgan fingerprint density at radius 1 is 1.47 bits per heavy atom. The van der Waals surface area contributed by atoms with Gasteiger partial charge in [-0.3, -0.25) is 9.59 Å². The Balaban J connectivity index is 2.93. The van der Waals surface area contributed by atoms with E-state index in [1.165, 1.54) is 18.3 Å². The van der Waals surface area contributed by atoms with Gasteiger partial charge in [-0.1, -0.05) is 0 Å². The van der Waals surface area contributed by atoms with Gasteiger partial charge in [-0.2, -0.15) is 0 Å². The van der Waals surface area contributed by atoms with Crippen molar-refractivity contribution >= 4 is 28.3 Å². The largest absolute Gasteiger partial charge is 0.481 e. The maximum Gasteiger partial charge on any atom is 0.309 e. The predicted molar refractivity (Wildman–Crippen MR) is 65.1 cm³/mol. The summed E-state index contributed by atoms with van der Waals surface area (Å²) in [6.07, 6.45) is -0.126. The second kappa shape index (κ2) is 5.74. The molecule has 0 aliphatic heterocycles. The summed E-state index contributed by atoms with van der Waals surface area (Å²) < 4.78 is 0. The number of nitrogens with zero attached hydrogens (tertiary/aromatic N) is 2. The van der Waals surface area contributed by atoms with Crippen LogP contribution in [0.2, 0.25) is 0 Å². The molecule has 17 heavy (non-hydrogen) atoms. The van der Waals surface area contributed by atoms with Gasteiger partial charge in [0.15, 0.2) is 5.13 Å². The minimum atomic E-state index is -0.926. The number of carboxylic acids is 1. The first-order chi connectivity index (χ1) is 7.88. The van der Waals surface area contributed by atoms with Gasteiger partial charge < -0.3 is 15.3 Å². The summed E-state index contributed by atoms with van der Waals surface area (Å²) in [6, 6.07) is 0. The van der Waals surface area contributed by atoms with E-state index in [9.17, 15) is 9.59 Å². The fraction of sp³-hybridized carbons (Fsp3) is 0.500. The zero-order valence-electron chi connectivity index (χ0n) is 9.98. The molecule has 0 radical (unpaired) electrons. The Morgan fingerprint density at radius 3 is 2.59 bits per heavy atom. The van der Waals surface area contributed by atoms with Gasteiger partial charge in [-0.25, -0.2) is 4.98 Å². The smallest absolute Gasteiger partial charge is 0.309 e. The summed E-state index contributed by atoms with van der Waals surface area (Å²) in [5.74, 6) is -1.14. The second-order valence-corrected chi connectivity index (χ2v) is 4.96. The van der Waals surface area contributed by atoms with Gasteiger partial charge in [0.2, 0.25) is 5.91 Å². The van der Waals surface area contributed by atoms with Crippen LogP contribution < -0.4 is 5.32 Å². The van der Waals surface area contributed by atoms with Crippen LogP contribution in [0.5, 0.6) is 0 Å². The van der Waals surface area contributed by atoms with E-state index in [1.807, 2.05) is 19.0 Å². The number of nitrogens with one attached hydrogen (secondary N) is 1. The van der Waals surface area contributed by atoms with Crippen molar-refractivity contribution in [2.24, 2.45) is 0 Å². The van der Waals surface area contributed by atoms with Gasteiger partial charge >= 0.3 is 5.97 Å². The Bertz CT molecular complexity index is 428. The van der Waals surface area contributed by atoms with Crippen molar-refractivity contribution in [3.63, 3.8) is 0 Å². The van der Waals surface area contributed by atoms with E-state index in [0.29, 0.717) is 17.4 Å². The highest BCUT2D eigenvalue weighted by Crippen LogP contribution is 2.24. The van der Waals surface area contributed by atoms with E-state index in [-0.39, 0.29) is 12.3 Å². The van der Waals surface area contributed by atoms with Gasteiger partial charge in [0.05, 0.1) is 12.1 Å². The number of aromatic nitrogens is 1. The molecule has 0 atom stereocenters. The standard InChI is InChI=1S/C10H15N3O3S/c1-6(14)11-10-12-7(4-9(15)16)8(17-10)5-13(2)3/h4-5H2,1-3H3,(H,15,16)(H,11,12,14). The monoisotopic (exact) mass is 257 g/mol. The van der Waals surface area contributed by atoms with Crippen molar-refractivity contribution in [2.75, 3.05) is 19.4 Å². The molecule has 7 heteroatoms. The van der Waals surface area contributed by atoms with Crippen molar-refractivity contribution in [2.45, 2.75) is 19.9 Å². The molecule has 0 unspecified atom stereocenters. The van der Waals surface area contributed by atoms with Crippen LogP contribution in [0.1, 0.15) is 17.5 Å². The lowest BCUT2D eigenvalue weighted by Crippen LogP contribution is -2.12. The minimum absolute atomic E-state index is 0.126. The maximum absolute atomic E-state index is 10.9. The molecule has 0 fully saturated rings. The molecule has 6 nitrogen and oxygen atoms in total. The van der Waals surface area contributed by atoms with Gasteiger partial charge in [0.25, 0.3) is 0 Å². The Morgan fingerprint density at radius 2 is 2.12 bits per heavy atom. The van der Waals surface area contributed by atoms with Crippen molar-refractivity contribution in [3.8, 4) is 0 Å². The quantitative estimate of drug-likeness (QED) is 0.815. The lowest BCUT2D eigenvalue weighted by molar-refractivity contribution is -0.136. The summed E-state index contributed by atoms with van der Waals surface area (Å²) in [5, 5.41) is 11.8. The van der Waals surface area contributed by atoms with Crippen LogP contribution in [0.15, 0.2) is 0 Å². The first-order valence-corrected chi connectivity index (χ1v) is 5.83. The third-order valence-corrected chi connectivity index (χ3v) is 2.84. The van der Waals surface area contributed by atoms with E-state index in [0.717, 1.165) is 4.88 Å². The molecule has 1 rings (SSSR count). The molecule has 0 aliphatic carbocycles.